The largest absolute Gasteiger partial charge is 0.506 e. The Balaban J connectivity index is 2.71. The van der Waals surface area contributed by atoms with Crippen LogP contribution >= 0.6 is 0 Å². The van der Waals surface area contributed by atoms with Crippen molar-refractivity contribution >= 4 is 17.5 Å². The van der Waals surface area contributed by atoms with Gasteiger partial charge in [-0.25, -0.2) is 0 Å². The Hall–Kier alpha value is -2.24. The van der Waals surface area contributed by atoms with E-state index in [4.69, 9.17) is 5.73 Å². The second kappa shape index (κ2) is 6.08. The Kier molecular flexibility index (Phi) is 4.74. The molecule has 6 heteroatoms. The van der Waals surface area contributed by atoms with E-state index < -0.39 is 0 Å². The number of nitrogens with zero attached hydrogens (tertiary/aromatic N) is 1. The van der Waals surface area contributed by atoms with Gasteiger partial charge in [-0.05, 0) is 32.0 Å². The quantitative estimate of drug-likeness (QED) is 0.548. The smallest absolute Gasteiger partial charge is 0.254 e. The zero-order chi connectivity index (χ0) is 14.6. The van der Waals surface area contributed by atoms with Crippen molar-refractivity contribution in [3.63, 3.8) is 0 Å². The van der Waals surface area contributed by atoms with Crippen LogP contribution < -0.4 is 11.1 Å². The molecule has 19 heavy (non-hydrogen) atoms. The molecule has 0 fully saturated rings. The number of likely N-dealkylation sites (N-methyl/N-ethyl adjacent to an activating group) is 1. The van der Waals surface area contributed by atoms with Crippen molar-refractivity contribution in [1.29, 1.82) is 0 Å². The van der Waals surface area contributed by atoms with Crippen LogP contribution in [0.3, 0.4) is 0 Å². The van der Waals surface area contributed by atoms with Gasteiger partial charge in [0.25, 0.3) is 5.91 Å². The highest BCUT2D eigenvalue weighted by Crippen LogP contribution is 2.21. The van der Waals surface area contributed by atoms with Crippen molar-refractivity contribution < 1.29 is 14.7 Å². The first-order valence-corrected chi connectivity index (χ1v) is 5.94. The summed E-state index contributed by atoms with van der Waals surface area (Å²) in [7, 11) is 1.52. The molecule has 104 valence electrons. The van der Waals surface area contributed by atoms with Crippen LogP contribution in [0.4, 0.5) is 5.69 Å². The van der Waals surface area contributed by atoms with Gasteiger partial charge in [0.1, 0.15) is 5.75 Å². The molecule has 0 atom stereocenters. The van der Waals surface area contributed by atoms with Crippen LogP contribution in [0.25, 0.3) is 0 Å². The molecule has 0 aliphatic heterocycles. The first kappa shape index (κ1) is 14.8. The molecule has 1 aromatic carbocycles. The zero-order valence-corrected chi connectivity index (χ0v) is 11.3. The lowest BCUT2D eigenvalue weighted by Crippen LogP contribution is -2.40. The molecule has 0 aromatic heterocycles. The van der Waals surface area contributed by atoms with Crippen molar-refractivity contribution in [2.45, 2.75) is 19.9 Å². The number of nitrogen functional groups attached to an aromatic ring is 1. The van der Waals surface area contributed by atoms with E-state index in [9.17, 15) is 14.7 Å². The van der Waals surface area contributed by atoms with E-state index in [2.05, 4.69) is 5.32 Å². The molecule has 2 amide bonds. The average Bonchev–Trinajstić information content (AvgIpc) is 2.30. The Morgan fingerprint density at radius 1 is 1.42 bits per heavy atom. The fraction of sp³-hybridized carbons (Fsp3) is 0.385. The van der Waals surface area contributed by atoms with Gasteiger partial charge in [0.05, 0.1) is 12.2 Å². The zero-order valence-electron chi connectivity index (χ0n) is 11.3. The second-order valence-corrected chi connectivity index (χ2v) is 4.66. The number of phenols is 1. The van der Waals surface area contributed by atoms with Gasteiger partial charge < -0.3 is 21.1 Å². The van der Waals surface area contributed by atoms with Crippen LogP contribution in [0.1, 0.15) is 24.2 Å². The summed E-state index contributed by atoms with van der Waals surface area (Å²) in [6.07, 6.45) is 0. The third-order valence-electron chi connectivity index (χ3n) is 2.45. The number of carbonyl (C=O) groups excluding carboxylic acids is 2. The molecule has 0 spiro atoms. The topological polar surface area (TPSA) is 95.7 Å². The van der Waals surface area contributed by atoms with Crippen LogP contribution in [-0.2, 0) is 4.79 Å². The molecule has 0 heterocycles. The number of anilines is 1. The average molecular weight is 265 g/mol. The van der Waals surface area contributed by atoms with E-state index >= 15 is 0 Å². The lowest BCUT2D eigenvalue weighted by molar-refractivity contribution is -0.122. The number of hydrogen-bond acceptors (Lipinski definition) is 4. The summed E-state index contributed by atoms with van der Waals surface area (Å²) >= 11 is 0. The highest BCUT2D eigenvalue weighted by atomic mass is 16.3. The Morgan fingerprint density at radius 3 is 2.58 bits per heavy atom. The van der Waals surface area contributed by atoms with Crippen molar-refractivity contribution in [3.8, 4) is 5.75 Å². The highest BCUT2D eigenvalue weighted by Gasteiger charge is 2.16. The number of nitrogens with one attached hydrogen (secondary N) is 1. The predicted octanol–water partition coefficient (Wildman–Crippen LogP) is 0.571. The molecule has 4 N–H and O–H groups in total. The minimum Gasteiger partial charge on any atom is -0.506 e. The number of hydrogen-bond donors (Lipinski definition) is 3. The lowest BCUT2D eigenvalue weighted by Gasteiger charge is -2.18. The van der Waals surface area contributed by atoms with E-state index in [1.54, 1.807) is 0 Å². The van der Waals surface area contributed by atoms with Crippen molar-refractivity contribution in [2.75, 3.05) is 19.3 Å². The number of carbonyl (C=O) groups is 2. The maximum atomic E-state index is 12.0. The summed E-state index contributed by atoms with van der Waals surface area (Å²) < 4.78 is 0. The minimum absolute atomic E-state index is 0.0246. The summed E-state index contributed by atoms with van der Waals surface area (Å²) in [6, 6.07) is 4.27. The monoisotopic (exact) mass is 265 g/mol. The fourth-order valence-electron chi connectivity index (χ4n) is 1.55. The molecule has 1 aromatic rings. The van der Waals surface area contributed by atoms with Gasteiger partial charge >= 0.3 is 0 Å². The summed E-state index contributed by atoms with van der Waals surface area (Å²) in [4.78, 5) is 24.9. The second-order valence-electron chi connectivity index (χ2n) is 4.66. The van der Waals surface area contributed by atoms with Crippen LogP contribution in [0, 0.1) is 0 Å². The Morgan fingerprint density at radius 2 is 2.05 bits per heavy atom. The number of phenolic OH excluding ortho intramolecular Hbond substituents is 1. The van der Waals surface area contributed by atoms with Crippen LogP contribution in [0.5, 0.6) is 5.75 Å². The summed E-state index contributed by atoms with van der Waals surface area (Å²) in [6.45, 7) is 3.65. The van der Waals surface area contributed by atoms with E-state index in [1.807, 2.05) is 13.8 Å². The molecule has 0 saturated carbocycles. The molecule has 1 rings (SSSR count). The molecule has 0 bridgehead atoms. The SMILES string of the molecule is CC(C)NC(=O)CN(C)C(=O)c1ccc(N)c(O)c1. The van der Waals surface area contributed by atoms with Crippen LogP contribution in [-0.4, -0.2) is 41.5 Å². The summed E-state index contributed by atoms with van der Waals surface area (Å²) in [5, 5.41) is 12.2. The number of aromatic hydroxyl groups is 1. The van der Waals surface area contributed by atoms with Crippen molar-refractivity contribution in [1.82, 2.24) is 10.2 Å². The molecule has 0 aliphatic rings. The fourth-order valence-corrected chi connectivity index (χ4v) is 1.55. The van der Waals surface area contributed by atoms with Gasteiger partial charge in [0, 0.05) is 18.7 Å². The first-order chi connectivity index (χ1) is 8.81. The maximum absolute atomic E-state index is 12.0. The minimum atomic E-state index is -0.353. The van der Waals surface area contributed by atoms with Crippen molar-refractivity contribution in [3.05, 3.63) is 23.8 Å². The molecular formula is C13H19N3O3. The van der Waals surface area contributed by atoms with E-state index in [-0.39, 0.29) is 41.4 Å². The molecule has 0 aliphatic carbocycles. The third kappa shape index (κ3) is 4.17. The van der Waals surface area contributed by atoms with Gasteiger partial charge in [-0.15, -0.1) is 0 Å². The van der Waals surface area contributed by atoms with Gasteiger partial charge in [0.15, 0.2) is 0 Å². The molecule has 0 saturated heterocycles. The van der Waals surface area contributed by atoms with Gasteiger partial charge in [-0.2, -0.15) is 0 Å². The first-order valence-electron chi connectivity index (χ1n) is 5.94. The standard InChI is InChI=1S/C13H19N3O3/c1-8(2)15-12(18)7-16(3)13(19)9-4-5-10(14)11(17)6-9/h4-6,8,17H,7,14H2,1-3H3,(H,15,18). The number of benzene rings is 1. The number of nitrogens with two attached hydrogens (primary N) is 1. The van der Waals surface area contributed by atoms with Gasteiger partial charge in [-0.1, -0.05) is 0 Å². The number of amides is 2. The highest BCUT2D eigenvalue weighted by molar-refractivity contribution is 5.97. The predicted molar refractivity (Wildman–Crippen MR) is 72.8 cm³/mol. The lowest BCUT2D eigenvalue weighted by atomic mass is 10.1. The summed E-state index contributed by atoms with van der Waals surface area (Å²) in [5.74, 6) is -0.731. The number of rotatable bonds is 4. The Labute approximate surface area is 112 Å². The van der Waals surface area contributed by atoms with Crippen LogP contribution in [0.2, 0.25) is 0 Å². The normalized spacial score (nSPS) is 10.3. The van der Waals surface area contributed by atoms with E-state index in [0.717, 1.165) is 0 Å². The molecule has 0 radical (unpaired) electrons. The van der Waals surface area contributed by atoms with Crippen molar-refractivity contribution in [2.24, 2.45) is 0 Å². The van der Waals surface area contributed by atoms with E-state index in [0.29, 0.717) is 0 Å². The molecular weight excluding hydrogens is 246 g/mol. The van der Waals surface area contributed by atoms with Gasteiger partial charge in [0.2, 0.25) is 5.91 Å². The molecule has 0 unspecified atom stereocenters. The molecule has 6 nitrogen and oxygen atoms in total. The summed E-state index contributed by atoms with van der Waals surface area (Å²) in [5.41, 5.74) is 5.95. The van der Waals surface area contributed by atoms with E-state index in [1.165, 1.54) is 30.1 Å². The Bertz CT molecular complexity index is 486. The van der Waals surface area contributed by atoms with Crippen LogP contribution in [0.15, 0.2) is 18.2 Å². The maximum Gasteiger partial charge on any atom is 0.254 e. The van der Waals surface area contributed by atoms with Gasteiger partial charge in [-0.3, -0.25) is 9.59 Å². The third-order valence-corrected chi connectivity index (χ3v) is 2.45.